The summed E-state index contributed by atoms with van der Waals surface area (Å²) in [6.07, 6.45) is 1.09. The highest BCUT2D eigenvalue weighted by Crippen LogP contribution is 2.28. The number of anilines is 1. The van der Waals surface area contributed by atoms with Crippen LogP contribution in [0.25, 0.3) is 22.6 Å². The highest BCUT2D eigenvalue weighted by Gasteiger charge is 2.12. The zero-order valence-corrected chi connectivity index (χ0v) is 17.4. The second-order valence-electron chi connectivity index (χ2n) is 7.23. The van der Waals surface area contributed by atoms with Gasteiger partial charge in [0.15, 0.2) is 10.7 Å². The van der Waals surface area contributed by atoms with E-state index in [-0.39, 0.29) is 16.9 Å². The summed E-state index contributed by atoms with van der Waals surface area (Å²) in [5.41, 5.74) is 4.58. The molecule has 2 N–H and O–H groups in total. The number of oxazole rings is 1. The number of carbonyl (C=O) groups is 1. The van der Waals surface area contributed by atoms with Crippen molar-refractivity contribution in [2.75, 3.05) is 5.32 Å². The molecule has 28 heavy (non-hydrogen) atoms. The molecular formula is C22H25N3O2S. The molecule has 0 fully saturated rings. The lowest BCUT2D eigenvalue weighted by Gasteiger charge is -2.11. The zero-order valence-electron chi connectivity index (χ0n) is 16.6. The maximum absolute atomic E-state index is 11.7. The van der Waals surface area contributed by atoms with Crippen LogP contribution < -0.4 is 10.6 Å². The van der Waals surface area contributed by atoms with Crippen LogP contribution in [0.1, 0.15) is 45.6 Å². The Hall–Kier alpha value is -2.73. The molecule has 0 saturated carbocycles. The minimum atomic E-state index is -0.123. The molecule has 146 valence electrons. The zero-order chi connectivity index (χ0) is 20.3. The first-order chi connectivity index (χ1) is 13.4. The lowest BCUT2D eigenvalue weighted by molar-refractivity contribution is -0.122. The van der Waals surface area contributed by atoms with E-state index in [9.17, 15) is 4.79 Å². The third-order valence-corrected chi connectivity index (χ3v) is 4.95. The van der Waals surface area contributed by atoms with Crippen molar-refractivity contribution in [3.05, 3.63) is 48.0 Å². The summed E-state index contributed by atoms with van der Waals surface area (Å²) in [5.74, 6) is 0.841. The van der Waals surface area contributed by atoms with Crippen molar-refractivity contribution in [2.24, 2.45) is 5.92 Å². The van der Waals surface area contributed by atoms with Crippen molar-refractivity contribution in [3.8, 4) is 11.5 Å². The van der Waals surface area contributed by atoms with Crippen LogP contribution in [0.15, 0.2) is 46.9 Å². The smallest absolute Gasteiger partial charge is 0.228 e. The number of nitrogens with zero attached hydrogens (tertiary/aromatic N) is 1. The van der Waals surface area contributed by atoms with Crippen LogP contribution in [0, 0.1) is 5.92 Å². The summed E-state index contributed by atoms with van der Waals surface area (Å²) in [6, 6.07) is 13.8. The van der Waals surface area contributed by atoms with Crippen molar-refractivity contribution in [1.82, 2.24) is 10.3 Å². The van der Waals surface area contributed by atoms with Gasteiger partial charge in [-0.3, -0.25) is 4.79 Å². The fraction of sp³-hybridized carbons (Fsp3) is 0.318. The van der Waals surface area contributed by atoms with E-state index in [4.69, 9.17) is 16.6 Å². The average molecular weight is 396 g/mol. The van der Waals surface area contributed by atoms with Gasteiger partial charge in [0.1, 0.15) is 5.52 Å². The van der Waals surface area contributed by atoms with Gasteiger partial charge in [-0.05, 0) is 66.5 Å². The van der Waals surface area contributed by atoms with E-state index in [2.05, 4.69) is 41.6 Å². The lowest BCUT2D eigenvalue weighted by Crippen LogP contribution is -2.36. The predicted molar refractivity (Wildman–Crippen MR) is 117 cm³/mol. The number of aromatic nitrogens is 1. The molecule has 3 aromatic rings. The molecule has 3 rings (SSSR count). The SMILES string of the molecule is CC[C@@H](C)c1ccc2oc(-c3ccc(NC(=S)NC(=O)C(C)C)cc3)nc2c1. The number of fused-ring (bicyclic) bond motifs is 1. The molecule has 0 bridgehead atoms. The van der Waals surface area contributed by atoms with E-state index >= 15 is 0 Å². The molecule has 0 saturated heterocycles. The lowest BCUT2D eigenvalue weighted by atomic mass is 9.98. The maximum atomic E-state index is 11.7. The second kappa shape index (κ2) is 8.52. The molecule has 5 nitrogen and oxygen atoms in total. The Morgan fingerprint density at radius 3 is 2.50 bits per heavy atom. The Balaban J connectivity index is 1.74. The van der Waals surface area contributed by atoms with Gasteiger partial charge >= 0.3 is 0 Å². The van der Waals surface area contributed by atoms with Gasteiger partial charge in [-0.2, -0.15) is 0 Å². The van der Waals surface area contributed by atoms with Crippen molar-refractivity contribution >= 4 is 40.0 Å². The summed E-state index contributed by atoms with van der Waals surface area (Å²) in [7, 11) is 0. The average Bonchev–Trinajstić information content (AvgIpc) is 3.10. The largest absolute Gasteiger partial charge is 0.436 e. The summed E-state index contributed by atoms with van der Waals surface area (Å²) in [4.78, 5) is 16.3. The highest BCUT2D eigenvalue weighted by atomic mass is 32.1. The quantitative estimate of drug-likeness (QED) is 0.560. The van der Waals surface area contributed by atoms with Crippen LogP contribution in [0.4, 0.5) is 5.69 Å². The number of hydrogen-bond donors (Lipinski definition) is 2. The Kier molecular flexibility index (Phi) is 6.09. The molecule has 2 aromatic carbocycles. The number of nitrogens with one attached hydrogen (secondary N) is 2. The van der Waals surface area contributed by atoms with Gasteiger partial charge in [-0.25, -0.2) is 4.98 Å². The first-order valence-electron chi connectivity index (χ1n) is 9.50. The number of benzene rings is 2. The van der Waals surface area contributed by atoms with E-state index in [0.717, 1.165) is 28.8 Å². The fourth-order valence-corrected chi connectivity index (χ4v) is 2.94. The van der Waals surface area contributed by atoms with Gasteiger partial charge in [0, 0.05) is 17.2 Å². The molecule has 0 aliphatic heterocycles. The molecule has 0 aliphatic rings. The molecular weight excluding hydrogens is 370 g/mol. The Labute approximate surface area is 170 Å². The molecule has 0 radical (unpaired) electrons. The Morgan fingerprint density at radius 2 is 1.86 bits per heavy atom. The van der Waals surface area contributed by atoms with Gasteiger partial charge in [-0.15, -0.1) is 0 Å². The van der Waals surface area contributed by atoms with E-state index < -0.39 is 0 Å². The van der Waals surface area contributed by atoms with Crippen LogP contribution in [0.2, 0.25) is 0 Å². The van der Waals surface area contributed by atoms with Gasteiger partial charge in [0.25, 0.3) is 0 Å². The summed E-state index contributed by atoms with van der Waals surface area (Å²) < 4.78 is 5.91. The van der Waals surface area contributed by atoms with Crippen LogP contribution >= 0.6 is 12.2 Å². The van der Waals surface area contributed by atoms with E-state index in [1.165, 1.54) is 5.56 Å². The number of carbonyl (C=O) groups excluding carboxylic acids is 1. The van der Waals surface area contributed by atoms with Crippen LogP contribution in [-0.4, -0.2) is 16.0 Å². The normalized spacial score (nSPS) is 12.2. The number of thiocarbonyl (C=S) groups is 1. The van der Waals surface area contributed by atoms with Gasteiger partial charge < -0.3 is 15.1 Å². The molecule has 1 aromatic heterocycles. The minimum Gasteiger partial charge on any atom is -0.436 e. The molecule has 1 amide bonds. The monoisotopic (exact) mass is 395 g/mol. The Morgan fingerprint density at radius 1 is 1.14 bits per heavy atom. The molecule has 0 spiro atoms. The van der Waals surface area contributed by atoms with Gasteiger partial charge in [0.05, 0.1) is 0 Å². The summed E-state index contributed by atoms with van der Waals surface area (Å²) >= 11 is 5.17. The first kappa shape index (κ1) is 20.0. The van der Waals surface area contributed by atoms with Crippen molar-refractivity contribution in [1.29, 1.82) is 0 Å². The van der Waals surface area contributed by atoms with Gasteiger partial charge in [0.2, 0.25) is 11.8 Å². The van der Waals surface area contributed by atoms with Crippen LogP contribution in [0.3, 0.4) is 0 Å². The third-order valence-electron chi connectivity index (χ3n) is 4.74. The van der Waals surface area contributed by atoms with Crippen LogP contribution in [0.5, 0.6) is 0 Å². The number of hydrogen-bond acceptors (Lipinski definition) is 4. The molecule has 6 heteroatoms. The number of rotatable bonds is 5. The summed E-state index contributed by atoms with van der Waals surface area (Å²) in [6.45, 7) is 8.03. The third kappa shape index (κ3) is 4.57. The van der Waals surface area contributed by atoms with Crippen LogP contribution in [-0.2, 0) is 4.79 Å². The van der Waals surface area contributed by atoms with E-state index in [0.29, 0.717) is 11.8 Å². The standard InChI is InChI=1S/C22H25N3O2S/c1-5-14(4)16-8-11-19-18(12-16)24-21(27-19)15-6-9-17(10-7-15)23-22(28)25-20(26)13(2)3/h6-14H,5H2,1-4H3,(H2,23,25,26,28)/t14-/m1/s1. The van der Waals surface area contributed by atoms with Crippen molar-refractivity contribution in [3.63, 3.8) is 0 Å². The predicted octanol–water partition coefficient (Wildman–Crippen LogP) is 5.48. The summed E-state index contributed by atoms with van der Waals surface area (Å²) in [5, 5.41) is 5.95. The number of amides is 1. The van der Waals surface area contributed by atoms with Crippen molar-refractivity contribution in [2.45, 2.75) is 40.0 Å². The highest BCUT2D eigenvalue weighted by molar-refractivity contribution is 7.80. The van der Waals surface area contributed by atoms with Crippen molar-refractivity contribution < 1.29 is 9.21 Å². The first-order valence-corrected chi connectivity index (χ1v) is 9.91. The van der Waals surface area contributed by atoms with E-state index in [1.54, 1.807) is 0 Å². The molecule has 0 aliphatic carbocycles. The molecule has 0 unspecified atom stereocenters. The van der Waals surface area contributed by atoms with Gasteiger partial charge in [-0.1, -0.05) is 33.8 Å². The van der Waals surface area contributed by atoms with E-state index in [1.807, 2.05) is 44.2 Å². The molecule has 1 heterocycles. The fourth-order valence-electron chi connectivity index (χ4n) is 2.72. The second-order valence-corrected chi connectivity index (χ2v) is 7.64. The topological polar surface area (TPSA) is 67.2 Å². The minimum absolute atomic E-state index is 0.114. The Bertz CT molecular complexity index is 993. The molecule has 1 atom stereocenters. The maximum Gasteiger partial charge on any atom is 0.228 e.